The summed E-state index contributed by atoms with van der Waals surface area (Å²) in [6, 6.07) is 16.7. The van der Waals surface area contributed by atoms with Crippen LogP contribution in [0.15, 0.2) is 48.5 Å². The summed E-state index contributed by atoms with van der Waals surface area (Å²) in [5.41, 5.74) is 4.78. The highest BCUT2D eigenvalue weighted by molar-refractivity contribution is 7.80. The molecule has 2 nitrogen and oxygen atoms in total. The van der Waals surface area contributed by atoms with Crippen LogP contribution in [-0.4, -0.2) is 5.11 Å². The van der Waals surface area contributed by atoms with Gasteiger partial charge in [-0.05, 0) is 61.8 Å². The summed E-state index contributed by atoms with van der Waals surface area (Å²) in [4.78, 5) is 0. The number of nitrogens with one attached hydrogen (secondary N) is 2. The van der Waals surface area contributed by atoms with Crippen LogP contribution >= 0.6 is 12.2 Å². The highest BCUT2D eigenvalue weighted by atomic mass is 32.1. The molecule has 104 valence electrons. The zero-order chi connectivity index (χ0) is 14.5. The van der Waals surface area contributed by atoms with Gasteiger partial charge in [0.1, 0.15) is 0 Å². The third-order valence-corrected chi connectivity index (χ3v) is 3.63. The maximum absolute atomic E-state index is 5.37. The van der Waals surface area contributed by atoms with E-state index in [1.165, 1.54) is 16.7 Å². The van der Waals surface area contributed by atoms with Crippen LogP contribution in [0.1, 0.15) is 29.7 Å². The van der Waals surface area contributed by atoms with Crippen molar-refractivity contribution in [3.8, 4) is 0 Å². The Morgan fingerprint density at radius 3 is 2.35 bits per heavy atom. The molecule has 0 aliphatic heterocycles. The Balaban J connectivity index is 1.97. The number of hydrogen-bond acceptors (Lipinski definition) is 1. The Bertz CT molecular complexity index is 593. The molecule has 20 heavy (non-hydrogen) atoms. The molecule has 2 aromatic rings. The number of thiocarbonyl (C=S) groups is 1. The molecule has 0 aromatic heterocycles. The van der Waals surface area contributed by atoms with Crippen LogP contribution in [0.2, 0.25) is 0 Å². The summed E-state index contributed by atoms with van der Waals surface area (Å²) < 4.78 is 0. The smallest absolute Gasteiger partial charge is 0.171 e. The molecule has 0 aliphatic rings. The summed E-state index contributed by atoms with van der Waals surface area (Å²) in [7, 11) is 0. The van der Waals surface area contributed by atoms with E-state index >= 15 is 0 Å². The van der Waals surface area contributed by atoms with Gasteiger partial charge in [0.25, 0.3) is 0 Å². The molecule has 0 spiro atoms. The lowest BCUT2D eigenvalue weighted by Gasteiger charge is -2.17. The lowest BCUT2D eigenvalue weighted by atomic mass is 10.1. The molecule has 3 heteroatoms. The number of benzene rings is 2. The molecule has 1 atom stereocenters. The van der Waals surface area contributed by atoms with Gasteiger partial charge in [-0.2, -0.15) is 0 Å². The van der Waals surface area contributed by atoms with Crippen molar-refractivity contribution in [2.45, 2.75) is 26.8 Å². The molecule has 2 aromatic carbocycles. The van der Waals surface area contributed by atoms with E-state index in [9.17, 15) is 0 Å². The van der Waals surface area contributed by atoms with Crippen LogP contribution in [0.25, 0.3) is 0 Å². The fourth-order valence-corrected chi connectivity index (χ4v) is 2.30. The molecule has 0 unspecified atom stereocenters. The topological polar surface area (TPSA) is 24.1 Å². The van der Waals surface area contributed by atoms with Crippen LogP contribution in [0.3, 0.4) is 0 Å². The highest BCUT2D eigenvalue weighted by Gasteiger charge is 2.06. The minimum absolute atomic E-state index is 0.183. The second-order valence-corrected chi connectivity index (χ2v) is 5.44. The summed E-state index contributed by atoms with van der Waals surface area (Å²) in [6.07, 6.45) is 0. The molecule has 0 heterocycles. The maximum Gasteiger partial charge on any atom is 0.171 e. The lowest BCUT2D eigenvalue weighted by Crippen LogP contribution is -2.30. The van der Waals surface area contributed by atoms with E-state index < -0.39 is 0 Å². The van der Waals surface area contributed by atoms with Crippen LogP contribution in [0, 0.1) is 13.8 Å². The molecule has 0 amide bonds. The molecule has 0 aliphatic carbocycles. The van der Waals surface area contributed by atoms with Gasteiger partial charge in [0, 0.05) is 5.69 Å². The van der Waals surface area contributed by atoms with E-state index in [0.29, 0.717) is 5.11 Å². The average molecular weight is 284 g/mol. The van der Waals surface area contributed by atoms with Gasteiger partial charge in [-0.25, -0.2) is 0 Å². The molecular formula is C17H20N2S. The summed E-state index contributed by atoms with van der Waals surface area (Å²) in [6.45, 7) is 6.31. The summed E-state index contributed by atoms with van der Waals surface area (Å²) in [5.74, 6) is 0. The van der Waals surface area contributed by atoms with Crippen molar-refractivity contribution >= 4 is 23.0 Å². The summed E-state index contributed by atoms with van der Waals surface area (Å²) >= 11 is 5.37. The molecule has 0 saturated carbocycles. The quantitative estimate of drug-likeness (QED) is 0.819. The van der Waals surface area contributed by atoms with Crippen molar-refractivity contribution in [2.24, 2.45) is 0 Å². The van der Waals surface area contributed by atoms with E-state index in [4.69, 9.17) is 12.2 Å². The van der Waals surface area contributed by atoms with Crippen LogP contribution in [-0.2, 0) is 0 Å². The molecule has 0 saturated heterocycles. The molecule has 0 bridgehead atoms. The molecule has 2 N–H and O–H groups in total. The first-order valence-corrected chi connectivity index (χ1v) is 7.17. The van der Waals surface area contributed by atoms with Crippen molar-refractivity contribution in [3.05, 3.63) is 65.2 Å². The van der Waals surface area contributed by atoms with E-state index in [1.54, 1.807) is 0 Å². The number of aryl methyl sites for hydroxylation is 2. The van der Waals surface area contributed by atoms with Crippen molar-refractivity contribution in [1.82, 2.24) is 5.32 Å². The Labute approximate surface area is 126 Å². The van der Waals surface area contributed by atoms with E-state index in [2.05, 4.69) is 55.7 Å². The van der Waals surface area contributed by atoms with Crippen molar-refractivity contribution in [2.75, 3.05) is 5.32 Å². The Hall–Kier alpha value is -1.87. The SMILES string of the molecule is Cc1ccc(NC(=S)N[C@H](C)c2ccccc2)cc1C. The fourth-order valence-electron chi connectivity index (χ4n) is 2.01. The fraction of sp³-hybridized carbons (Fsp3) is 0.235. The molecular weight excluding hydrogens is 264 g/mol. The lowest BCUT2D eigenvalue weighted by molar-refractivity contribution is 0.722. The largest absolute Gasteiger partial charge is 0.356 e. The Kier molecular flexibility index (Phi) is 4.74. The van der Waals surface area contributed by atoms with Crippen LogP contribution < -0.4 is 10.6 Å². The second kappa shape index (κ2) is 6.53. The predicted octanol–water partition coefficient (Wildman–Crippen LogP) is 4.35. The second-order valence-electron chi connectivity index (χ2n) is 5.03. The normalized spacial score (nSPS) is 11.8. The predicted molar refractivity (Wildman–Crippen MR) is 90.1 cm³/mol. The van der Waals surface area contributed by atoms with Crippen LogP contribution in [0.5, 0.6) is 0 Å². The standard InChI is InChI=1S/C17H20N2S/c1-12-9-10-16(11-13(12)2)19-17(20)18-14(3)15-7-5-4-6-8-15/h4-11,14H,1-3H3,(H2,18,19,20)/t14-/m1/s1. The number of hydrogen-bond donors (Lipinski definition) is 2. The highest BCUT2D eigenvalue weighted by Crippen LogP contribution is 2.15. The summed E-state index contributed by atoms with van der Waals surface area (Å²) in [5, 5.41) is 7.17. The van der Waals surface area contributed by atoms with Gasteiger partial charge >= 0.3 is 0 Å². The van der Waals surface area contributed by atoms with Gasteiger partial charge in [-0.15, -0.1) is 0 Å². The van der Waals surface area contributed by atoms with Gasteiger partial charge in [0.15, 0.2) is 5.11 Å². The first-order chi connectivity index (χ1) is 9.56. The van der Waals surface area contributed by atoms with E-state index in [0.717, 1.165) is 5.69 Å². The zero-order valence-corrected chi connectivity index (χ0v) is 12.9. The zero-order valence-electron chi connectivity index (χ0n) is 12.1. The molecule has 0 fully saturated rings. The molecule has 2 rings (SSSR count). The average Bonchev–Trinajstić information content (AvgIpc) is 2.44. The minimum atomic E-state index is 0.183. The van der Waals surface area contributed by atoms with Crippen molar-refractivity contribution in [1.29, 1.82) is 0 Å². The Morgan fingerprint density at radius 2 is 1.70 bits per heavy atom. The van der Waals surface area contributed by atoms with E-state index in [1.807, 2.05) is 24.3 Å². The number of rotatable bonds is 3. The third kappa shape index (κ3) is 3.81. The van der Waals surface area contributed by atoms with E-state index in [-0.39, 0.29) is 6.04 Å². The van der Waals surface area contributed by atoms with Crippen LogP contribution in [0.4, 0.5) is 5.69 Å². The first-order valence-electron chi connectivity index (χ1n) is 6.76. The maximum atomic E-state index is 5.37. The Morgan fingerprint density at radius 1 is 1.00 bits per heavy atom. The number of anilines is 1. The first kappa shape index (κ1) is 14.5. The van der Waals surface area contributed by atoms with Crippen molar-refractivity contribution in [3.63, 3.8) is 0 Å². The van der Waals surface area contributed by atoms with Gasteiger partial charge in [-0.3, -0.25) is 0 Å². The van der Waals surface area contributed by atoms with Gasteiger partial charge < -0.3 is 10.6 Å². The monoisotopic (exact) mass is 284 g/mol. The van der Waals surface area contributed by atoms with Crippen molar-refractivity contribution < 1.29 is 0 Å². The third-order valence-electron chi connectivity index (χ3n) is 3.41. The van der Waals surface area contributed by atoms with Gasteiger partial charge in [0.05, 0.1) is 6.04 Å². The van der Waals surface area contributed by atoms with Gasteiger partial charge in [0.2, 0.25) is 0 Å². The van der Waals surface area contributed by atoms with Gasteiger partial charge in [-0.1, -0.05) is 36.4 Å². The molecule has 0 radical (unpaired) electrons. The minimum Gasteiger partial charge on any atom is -0.356 e.